The van der Waals surface area contributed by atoms with Gasteiger partial charge in [0.2, 0.25) is 0 Å². The molecule has 2 aromatic rings. The molecule has 6 heteroatoms. The van der Waals surface area contributed by atoms with E-state index in [-0.39, 0.29) is 17.8 Å². The molecule has 0 spiro atoms. The van der Waals surface area contributed by atoms with Crippen LogP contribution in [0.5, 0.6) is 0 Å². The Balaban J connectivity index is 1.71. The van der Waals surface area contributed by atoms with E-state index in [1.165, 1.54) is 17.0 Å². The van der Waals surface area contributed by atoms with Crippen LogP contribution in [0.2, 0.25) is 10.0 Å². The molecule has 132 valence electrons. The van der Waals surface area contributed by atoms with Crippen LogP contribution in [-0.4, -0.2) is 18.0 Å². The molecule has 2 atom stereocenters. The van der Waals surface area contributed by atoms with Crippen molar-refractivity contribution in [2.24, 2.45) is 0 Å². The number of hydrogen-bond acceptors (Lipinski definition) is 1. The van der Waals surface area contributed by atoms with Crippen LogP contribution in [-0.2, 0) is 11.3 Å². The number of halogens is 3. The van der Waals surface area contributed by atoms with Crippen LogP contribution in [0, 0.1) is 5.82 Å². The summed E-state index contributed by atoms with van der Waals surface area (Å²) in [5, 5.41) is 3.85. The smallest absolute Gasteiger partial charge is 0.282 e. The zero-order valence-corrected chi connectivity index (χ0v) is 15.4. The third-order valence-corrected chi connectivity index (χ3v) is 5.12. The van der Waals surface area contributed by atoms with Gasteiger partial charge in [-0.25, -0.2) is 4.39 Å². The summed E-state index contributed by atoms with van der Waals surface area (Å²) in [6, 6.07) is 11.6. The minimum absolute atomic E-state index is 0.104. The van der Waals surface area contributed by atoms with E-state index in [4.69, 9.17) is 23.2 Å². The number of carbonyl (C=O) groups is 1. The largest absolute Gasteiger partial charge is 0.320 e. The molecule has 1 unspecified atom stereocenters. The Morgan fingerprint density at radius 2 is 1.92 bits per heavy atom. The minimum Gasteiger partial charge on any atom is -0.320 e. The second-order valence-corrected chi connectivity index (χ2v) is 7.33. The number of hydrogen-bond donors (Lipinski definition) is 2. The Morgan fingerprint density at radius 1 is 1.24 bits per heavy atom. The highest BCUT2D eigenvalue weighted by atomic mass is 35.5. The first-order chi connectivity index (χ1) is 11.9. The normalized spacial score (nSPS) is 16.3. The minimum atomic E-state index is -0.257. The molecule has 3 rings (SSSR count). The standard InChI is InChI=1S/C19H19Cl2FN2O/c1-12(19(25)23-18-10-14(20)4-9-17(18)21)24(16-7-8-16)11-13-2-5-15(22)6-3-13/h2-6,9-10,12,16H,7-8,11H2,1H3,(H,23,25)/p+1/t12-/m1/s1. The van der Waals surface area contributed by atoms with Crippen molar-refractivity contribution in [3.8, 4) is 0 Å². The third-order valence-electron chi connectivity index (χ3n) is 4.56. The average molecular weight is 382 g/mol. The van der Waals surface area contributed by atoms with E-state index in [9.17, 15) is 9.18 Å². The molecule has 2 N–H and O–H groups in total. The van der Waals surface area contributed by atoms with Crippen molar-refractivity contribution in [2.45, 2.75) is 38.4 Å². The molecule has 3 nitrogen and oxygen atoms in total. The quantitative estimate of drug-likeness (QED) is 0.785. The number of quaternary nitrogens is 1. The topological polar surface area (TPSA) is 33.5 Å². The molecule has 2 aromatic carbocycles. The van der Waals surface area contributed by atoms with E-state index in [0.717, 1.165) is 18.4 Å². The van der Waals surface area contributed by atoms with Gasteiger partial charge in [-0.05, 0) is 37.3 Å². The lowest BCUT2D eigenvalue weighted by Gasteiger charge is -2.25. The fraction of sp³-hybridized carbons (Fsp3) is 0.316. The average Bonchev–Trinajstić information content (AvgIpc) is 3.42. The molecule has 1 aliphatic rings. The van der Waals surface area contributed by atoms with Crippen molar-refractivity contribution >= 4 is 34.8 Å². The first-order valence-electron chi connectivity index (χ1n) is 8.30. The van der Waals surface area contributed by atoms with Gasteiger partial charge in [-0.3, -0.25) is 4.79 Å². The van der Waals surface area contributed by atoms with E-state index >= 15 is 0 Å². The van der Waals surface area contributed by atoms with Crippen LogP contribution in [0.4, 0.5) is 10.1 Å². The van der Waals surface area contributed by atoms with E-state index in [1.807, 2.05) is 6.92 Å². The fourth-order valence-electron chi connectivity index (χ4n) is 2.95. The number of benzene rings is 2. The molecular formula is C19H20Cl2FN2O+. The van der Waals surface area contributed by atoms with E-state index in [2.05, 4.69) is 5.32 Å². The van der Waals surface area contributed by atoms with Gasteiger partial charge in [-0.2, -0.15) is 0 Å². The maximum Gasteiger partial charge on any atom is 0.282 e. The summed E-state index contributed by atoms with van der Waals surface area (Å²) in [5.74, 6) is -0.355. The van der Waals surface area contributed by atoms with Gasteiger partial charge in [-0.15, -0.1) is 0 Å². The summed E-state index contributed by atoms with van der Waals surface area (Å²) >= 11 is 12.1. The third kappa shape index (κ3) is 4.72. The summed E-state index contributed by atoms with van der Waals surface area (Å²) in [4.78, 5) is 13.9. The Hall–Kier alpha value is -1.62. The predicted octanol–water partition coefficient (Wildman–Crippen LogP) is 3.71. The molecular weight excluding hydrogens is 362 g/mol. The summed E-state index contributed by atoms with van der Waals surface area (Å²) in [6.45, 7) is 2.59. The van der Waals surface area contributed by atoms with E-state index in [1.54, 1.807) is 30.3 Å². The van der Waals surface area contributed by atoms with Crippen LogP contribution >= 0.6 is 23.2 Å². The first-order valence-corrected chi connectivity index (χ1v) is 9.05. The number of nitrogens with one attached hydrogen (secondary N) is 2. The molecule has 0 saturated heterocycles. The maximum atomic E-state index is 13.1. The second-order valence-electron chi connectivity index (χ2n) is 6.49. The molecule has 1 fully saturated rings. The van der Waals surface area contributed by atoms with Gasteiger partial charge in [0.1, 0.15) is 12.4 Å². The maximum absolute atomic E-state index is 13.1. The van der Waals surface area contributed by atoms with Crippen molar-refractivity contribution in [1.29, 1.82) is 0 Å². The molecule has 1 amide bonds. The van der Waals surface area contributed by atoms with Gasteiger partial charge >= 0.3 is 0 Å². The number of anilines is 1. The van der Waals surface area contributed by atoms with Crippen molar-refractivity contribution < 1.29 is 14.1 Å². The zero-order valence-electron chi connectivity index (χ0n) is 13.9. The van der Waals surface area contributed by atoms with Crippen molar-refractivity contribution in [1.82, 2.24) is 0 Å². The summed E-state index contributed by atoms with van der Waals surface area (Å²) in [7, 11) is 0. The van der Waals surface area contributed by atoms with Gasteiger partial charge in [0.25, 0.3) is 5.91 Å². The lowest BCUT2D eigenvalue weighted by molar-refractivity contribution is -0.938. The Morgan fingerprint density at radius 3 is 2.56 bits per heavy atom. The number of rotatable bonds is 6. The van der Waals surface area contributed by atoms with Crippen molar-refractivity contribution in [2.75, 3.05) is 5.32 Å². The van der Waals surface area contributed by atoms with Crippen LogP contribution in [0.25, 0.3) is 0 Å². The van der Waals surface area contributed by atoms with E-state index < -0.39 is 0 Å². The summed E-state index contributed by atoms with van der Waals surface area (Å²) in [5.41, 5.74) is 1.53. The Kier molecular flexibility index (Phi) is 5.62. The first kappa shape index (κ1) is 18.2. The lowest BCUT2D eigenvalue weighted by atomic mass is 10.1. The van der Waals surface area contributed by atoms with Crippen LogP contribution in [0.1, 0.15) is 25.3 Å². The van der Waals surface area contributed by atoms with E-state index in [0.29, 0.717) is 28.3 Å². The molecule has 0 bridgehead atoms. The molecule has 25 heavy (non-hydrogen) atoms. The molecule has 0 radical (unpaired) electrons. The highest BCUT2D eigenvalue weighted by Gasteiger charge is 2.39. The zero-order chi connectivity index (χ0) is 18.0. The van der Waals surface area contributed by atoms with Gasteiger partial charge in [0.05, 0.1) is 16.8 Å². The summed E-state index contributed by atoms with van der Waals surface area (Å²) < 4.78 is 13.1. The highest BCUT2D eigenvalue weighted by molar-refractivity contribution is 6.35. The van der Waals surface area contributed by atoms with Crippen molar-refractivity contribution in [3.05, 3.63) is 63.9 Å². The van der Waals surface area contributed by atoms with Crippen LogP contribution in [0.15, 0.2) is 42.5 Å². The molecule has 1 saturated carbocycles. The molecule has 0 heterocycles. The van der Waals surface area contributed by atoms with Crippen LogP contribution in [0.3, 0.4) is 0 Å². The summed E-state index contributed by atoms with van der Waals surface area (Å²) in [6.07, 6.45) is 2.21. The molecule has 0 aliphatic heterocycles. The van der Waals surface area contributed by atoms with Gasteiger partial charge in [-0.1, -0.05) is 35.3 Å². The highest BCUT2D eigenvalue weighted by Crippen LogP contribution is 2.25. The molecule has 1 aliphatic carbocycles. The van der Waals surface area contributed by atoms with Gasteiger partial charge in [0.15, 0.2) is 6.04 Å². The lowest BCUT2D eigenvalue weighted by Crippen LogP contribution is -3.16. The SMILES string of the molecule is C[C@H](C(=O)Nc1cc(Cl)ccc1Cl)[NH+](Cc1ccc(F)cc1)C1CC1. The monoisotopic (exact) mass is 381 g/mol. The predicted molar refractivity (Wildman–Crippen MR) is 98.6 cm³/mol. The van der Waals surface area contributed by atoms with Gasteiger partial charge in [0, 0.05) is 23.4 Å². The van der Waals surface area contributed by atoms with Gasteiger partial charge < -0.3 is 10.2 Å². The second kappa shape index (κ2) is 7.73. The number of carbonyl (C=O) groups excluding carboxylic acids is 1. The molecule has 0 aromatic heterocycles. The van der Waals surface area contributed by atoms with Crippen LogP contribution < -0.4 is 10.2 Å². The fourth-order valence-corrected chi connectivity index (χ4v) is 3.28. The Bertz CT molecular complexity index is 763. The van der Waals surface area contributed by atoms with Crippen molar-refractivity contribution in [3.63, 3.8) is 0 Å². The number of amides is 1. The Labute approximate surface area is 156 Å².